The molecule has 1 heterocycles. The summed E-state index contributed by atoms with van der Waals surface area (Å²) >= 11 is 6.85. The number of carbonyl (C=O) groups is 1. The summed E-state index contributed by atoms with van der Waals surface area (Å²) < 4.78 is 5.00. The molecule has 0 bridgehead atoms. The molecule has 2 rings (SSSR count). The molecule has 7 heteroatoms. The molecule has 2 N–H and O–H groups in total. The Morgan fingerprint density at radius 1 is 1.28 bits per heavy atom. The molecule has 0 saturated heterocycles. The molecule has 0 aliphatic carbocycles. The maximum atomic E-state index is 12.4. The summed E-state index contributed by atoms with van der Waals surface area (Å²) in [7, 11) is 5.39. The average Bonchev–Trinajstić information content (AvgIpc) is 2.90. The van der Waals surface area contributed by atoms with Gasteiger partial charge in [-0.05, 0) is 38.8 Å². The van der Waals surface area contributed by atoms with Crippen molar-refractivity contribution < 1.29 is 9.53 Å². The molecular formula is C18H23N3O2S2. The normalized spacial score (nSPS) is 10.6. The standard InChI is InChI=1S/C18H23N3O2S2/c1-12-14(13-8-6-5-7-9-13)15(17(22)23-4)16(25-12)20-18(24)19-10-11-21(2)3/h5-9H,10-11H2,1-4H3,(H2,19,20,24). The lowest BCUT2D eigenvalue weighted by molar-refractivity contribution is 0.0603. The quantitative estimate of drug-likeness (QED) is 0.595. The van der Waals surface area contributed by atoms with Crippen molar-refractivity contribution in [2.45, 2.75) is 6.92 Å². The number of carbonyl (C=O) groups excluding carboxylic acids is 1. The number of benzene rings is 1. The second-order valence-electron chi connectivity index (χ2n) is 5.78. The largest absolute Gasteiger partial charge is 0.465 e. The molecule has 1 aromatic heterocycles. The fourth-order valence-electron chi connectivity index (χ4n) is 2.42. The first-order valence-electron chi connectivity index (χ1n) is 7.90. The van der Waals surface area contributed by atoms with Gasteiger partial charge in [-0.1, -0.05) is 30.3 Å². The summed E-state index contributed by atoms with van der Waals surface area (Å²) in [6.45, 7) is 3.58. The lowest BCUT2D eigenvalue weighted by Crippen LogP contribution is -2.34. The Hall–Kier alpha value is -1.96. The number of hydrogen-bond acceptors (Lipinski definition) is 5. The molecule has 0 amide bonds. The van der Waals surface area contributed by atoms with Crippen molar-refractivity contribution in [2.24, 2.45) is 0 Å². The van der Waals surface area contributed by atoms with Crippen molar-refractivity contribution in [3.63, 3.8) is 0 Å². The minimum atomic E-state index is -0.373. The van der Waals surface area contributed by atoms with Crippen LogP contribution in [0.5, 0.6) is 0 Å². The van der Waals surface area contributed by atoms with Crippen LogP contribution in [-0.2, 0) is 4.74 Å². The van der Waals surface area contributed by atoms with Crippen LogP contribution in [0.2, 0.25) is 0 Å². The summed E-state index contributed by atoms with van der Waals surface area (Å²) in [5, 5.41) is 7.49. The number of aryl methyl sites for hydroxylation is 1. The molecule has 1 aromatic carbocycles. The van der Waals surface area contributed by atoms with E-state index in [1.807, 2.05) is 51.4 Å². The summed E-state index contributed by atoms with van der Waals surface area (Å²) in [5.74, 6) is -0.373. The second kappa shape index (κ2) is 8.94. The summed E-state index contributed by atoms with van der Waals surface area (Å²) in [6, 6.07) is 9.83. The van der Waals surface area contributed by atoms with E-state index >= 15 is 0 Å². The molecule has 0 fully saturated rings. The highest BCUT2D eigenvalue weighted by Gasteiger charge is 2.24. The molecule has 0 spiro atoms. The fourth-order valence-corrected chi connectivity index (χ4v) is 3.76. The van der Waals surface area contributed by atoms with Crippen LogP contribution in [0.25, 0.3) is 11.1 Å². The Balaban J connectivity index is 2.29. The van der Waals surface area contributed by atoms with Gasteiger partial charge in [0.2, 0.25) is 0 Å². The predicted molar refractivity (Wildman–Crippen MR) is 109 cm³/mol. The molecule has 0 atom stereocenters. The van der Waals surface area contributed by atoms with Crippen LogP contribution < -0.4 is 10.6 Å². The monoisotopic (exact) mass is 377 g/mol. The Bertz CT molecular complexity index is 742. The van der Waals surface area contributed by atoms with E-state index in [0.717, 1.165) is 29.1 Å². The lowest BCUT2D eigenvalue weighted by atomic mass is 10.0. The smallest absolute Gasteiger partial charge is 0.341 e. The van der Waals surface area contributed by atoms with Gasteiger partial charge in [-0.3, -0.25) is 0 Å². The van der Waals surface area contributed by atoms with Crippen molar-refractivity contribution in [1.29, 1.82) is 0 Å². The van der Waals surface area contributed by atoms with E-state index in [9.17, 15) is 4.79 Å². The minimum absolute atomic E-state index is 0.373. The molecule has 0 aliphatic rings. The van der Waals surface area contributed by atoms with Gasteiger partial charge in [0.15, 0.2) is 5.11 Å². The zero-order chi connectivity index (χ0) is 18.4. The average molecular weight is 378 g/mol. The number of thiocarbonyl (C=S) groups is 1. The number of ether oxygens (including phenoxy) is 1. The van der Waals surface area contributed by atoms with Crippen molar-refractivity contribution >= 4 is 39.6 Å². The highest BCUT2D eigenvalue weighted by Crippen LogP contribution is 2.40. The van der Waals surface area contributed by atoms with E-state index in [0.29, 0.717) is 15.7 Å². The number of methoxy groups -OCH3 is 1. The lowest BCUT2D eigenvalue weighted by Gasteiger charge is -2.13. The van der Waals surface area contributed by atoms with E-state index < -0.39 is 0 Å². The van der Waals surface area contributed by atoms with Crippen LogP contribution in [-0.4, -0.2) is 50.3 Å². The maximum Gasteiger partial charge on any atom is 0.341 e. The first-order valence-corrected chi connectivity index (χ1v) is 9.13. The van der Waals surface area contributed by atoms with Crippen molar-refractivity contribution in [3.8, 4) is 11.1 Å². The summed E-state index contributed by atoms with van der Waals surface area (Å²) in [4.78, 5) is 15.5. The Labute approximate surface area is 158 Å². The first-order chi connectivity index (χ1) is 11.9. The summed E-state index contributed by atoms with van der Waals surface area (Å²) in [6.07, 6.45) is 0. The fraction of sp³-hybridized carbons (Fsp3) is 0.333. The van der Waals surface area contributed by atoms with Gasteiger partial charge in [0.25, 0.3) is 0 Å². The number of anilines is 1. The number of nitrogens with one attached hydrogen (secondary N) is 2. The van der Waals surface area contributed by atoms with Crippen LogP contribution in [0.1, 0.15) is 15.2 Å². The predicted octanol–water partition coefficient (Wildman–Crippen LogP) is 3.36. The SMILES string of the molecule is COC(=O)c1c(NC(=S)NCCN(C)C)sc(C)c1-c1ccccc1. The highest BCUT2D eigenvalue weighted by atomic mass is 32.1. The van der Waals surface area contributed by atoms with Crippen molar-refractivity contribution in [3.05, 3.63) is 40.8 Å². The number of esters is 1. The molecular weight excluding hydrogens is 354 g/mol. The van der Waals surface area contributed by atoms with Crippen LogP contribution >= 0.6 is 23.6 Å². The second-order valence-corrected chi connectivity index (χ2v) is 7.41. The van der Waals surface area contributed by atoms with Crippen LogP contribution in [0.4, 0.5) is 5.00 Å². The Morgan fingerprint density at radius 3 is 2.56 bits per heavy atom. The number of nitrogens with zero attached hydrogens (tertiary/aromatic N) is 1. The minimum Gasteiger partial charge on any atom is -0.465 e. The molecule has 0 aliphatic heterocycles. The number of hydrogen-bond donors (Lipinski definition) is 2. The number of rotatable bonds is 6. The van der Waals surface area contributed by atoms with Crippen molar-refractivity contribution in [2.75, 3.05) is 39.6 Å². The van der Waals surface area contributed by atoms with Gasteiger partial charge >= 0.3 is 5.97 Å². The molecule has 134 valence electrons. The zero-order valence-corrected chi connectivity index (χ0v) is 16.5. The molecule has 5 nitrogen and oxygen atoms in total. The van der Waals surface area contributed by atoms with Gasteiger partial charge < -0.3 is 20.3 Å². The molecule has 0 unspecified atom stereocenters. The third kappa shape index (κ3) is 5.01. The number of thiophene rings is 1. The zero-order valence-electron chi connectivity index (χ0n) is 14.9. The highest BCUT2D eigenvalue weighted by molar-refractivity contribution is 7.80. The third-order valence-corrected chi connectivity index (χ3v) is 4.87. The van der Waals surface area contributed by atoms with E-state index in [1.54, 1.807) is 0 Å². The van der Waals surface area contributed by atoms with E-state index in [-0.39, 0.29) is 5.97 Å². The van der Waals surface area contributed by atoms with E-state index in [2.05, 4.69) is 15.5 Å². The third-order valence-electron chi connectivity index (χ3n) is 3.61. The van der Waals surface area contributed by atoms with Gasteiger partial charge in [0.05, 0.1) is 7.11 Å². The summed E-state index contributed by atoms with van der Waals surface area (Å²) in [5.41, 5.74) is 2.39. The molecule has 0 radical (unpaired) electrons. The number of likely N-dealkylation sites (N-methyl/N-ethyl adjacent to an activating group) is 1. The van der Waals surface area contributed by atoms with Gasteiger partial charge in [-0.25, -0.2) is 4.79 Å². The topological polar surface area (TPSA) is 53.6 Å². The first kappa shape index (κ1) is 19.4. The molecule has 0 saturated carbocycles. The van der Waals surface area contributed by atoms with Gasteiger partial charge in [0, 0.05) is 23.5 Å². The van der Waals surface area contributed by atoms with E-state index in [1.165, 1.54) is 18.4 Å². The van der Waals surface area contributed by atoms with Gasteiger partial charge in [0.1, 0.15) is 10.6 Å². The molecule has 25 heavy (non-hydrogen) atoms. The van der Waals surface area contributed by atoms with Crippen LogP contribution in [0.3, 0.4) is 0 Å². The van der Waals surface area contributed by atoms with Gasteiger partial charge in [-0.15, -0.1) is 11.3 Å². The molecule has 2 aromatic rings. The Morgan fingerprint density at radius 2 is 1.96 bits per heavy atom. The van der Waals surface area contributed by atoms with Crippen LogP contribution in [0.15, 0.2) is 30.3 Å². The van der Waals surface area contributed by atoms with Crippen molar-refractivity contribution in [1.82, 2.24) is 10.2 Å². The van der Waals surface area contributed by atoms with Gasteiger partial charge in [-0.2, -0.15) is 0 Å². The van der Waals surface area contributed by atoms with Crippen LogP contribution in [0, 0.1) is 6.92 Å². The van der Waals surface area contributed by atoms with E-state index in [4.69, 9.17) is 17.0 Å². The Kier molecular flexibility index (Phi) is 6.92. The maximum absolute atomic E-state index is 12.4.